The number of amides is 2. The smallest absolute Gasteiger partial charge is 0.271 e. The first-order valence-corrected chi connectivity index (χ1v) is 15.2. The van der Waals surface area contributed by atoms with Crippen LogP contribution in [-0.2, 0) is 21.4 Å². The van der Waals surface area contributed by atoms with Gasteiger partial charge < -0.3 is 14.8 Å². The van der Waals surface area contributed by atoms with Crippen molar-refractivity contribution in [1.82, 2.24) is 5.43 Å². The molecule has 0 heterocycles. The molecule has 0 saturated heterocycles. The van der Waals surface area contributed by atoms with Crippen LogP contribution in [0.1, 0.15) is 21.5 Å². The minimum absolute atomic E-state index is 0.117. The molecule has 2 amide bonds. The Kier molecular flexibility index (Phi) is 10.4. The first-order valence-electron chi connectivity index (χ1n) is 12.9. The van der Waals surface area contributed by atoms with Gasteiger partial charge in [-0.25, -0.2) is 13.8 Å². The Bertz CT molecular complexity index is 1690. The summed E-state index contributed by atoms with van der Waals surface area (Å²) in [5, 5.41) is 7.28. The van der Waals surface area contributed by atoms with Crippen molar-refractivity contribution in [2.24, 2.45) is 5.10 Å². The number of hydrogen-bond acceptors (Lipinski definition) is 7. The van der Waals surface area contributed by atoms with Gasteiger partial charge in [0, 0.05) is 10.6 Å². The van der Waals surface area contributed by atoms with Gasteiger partial charge in [0.05, 0.1) is 37.5 Å². The van der Waals surface area contributed by atoms with Gasteiger partial charge in [-0.3, -0.25) is 13.9 Å². The summed E-state index contributed by atoms with van der Waals surface area (Å²) in [6.07, 6.45) is 2.58. The number of halogens is 1. The molecule has 0 fully saturated rings. The molecular formula is C31H29ClN4O6S. The minimum atomic E-state index is -3.59. The van der Waals surface area contributed by atoms with Crippen molar-refractivity contribution in [2.45, 2.75) is 6.54 Å². The van der Waals surface area contributed by atoms with Crippen molar-refractivity contribution >= 4 is 51.0 Å². The van der Waals surface area contributed by atoms with Gasteiger partial charge in [-0.15, -0.1) is 0 Å². The van der Waals surface area contributed by atoms with Crippen LogP contribution in [0.25, 0.3) is 0 Å². The highest BCUT2D eigenvalue weighted by molar-refractivity contribution is 7.92. The van der Waals surface area contributed by atoms with E-state index in [-0.39, 0.29) is 19.1 Å². The molecule has 0 saturated carbocycles. The van der Waals surface area contributed by atoms with E-state index in [0.717, 1.165) is 11.8 Å². The Balaban J connectivity index is 1.29. The van der Waals surface area contributed by atoms with Gasteiger partial charge in [-0.05, 0) is 83.9 Å². The number of sulfonamides is 1. The van der Waals surface area contributed by atoms with Gasteiger partial charge in [-0.1, -0.05) is 35.9 Å². The topological polar surface area (TPSA) is 126 Å². The van der Waals surface area contributed by atoms with Crippen LogP contribution in [0.15, 0.2) is 102 Å². The monoisotopic (exact) mass is 620 g/mol. The van der Waals surface area contributed by atoms with Crippen molar-refractivity contribution in [3.63, 3.8) is 0 Å². The predicted octanol–water partition coefficient (Wildman–Crippen LogP) is 5.10. The Hall–Kier alpha value is -4.87. The standard InChI is InChI=1S/C31H29ClN4O6S/c1-41-29-6-4-3-5-28(29)34-30(37)21-42-27-17-9-22(10-18-27)19-33-35-31(38)24-11-15-26(16-12-24)36(43(2,39)40)20-23-7-13-25(32)14-8-23/h3-19H,20-21H2,1-2H3,(H,34,37)(H,35,38)/b33-19-. The fraction of sp³-hybridized carbons (Fsp3) is 0.129. The third-order valence-corrected chi connectivity index (χ3v) is 7.46. The van der Waals surface area contributed by atoms with Gasteiger partial charge in [0.15, 0.2) is 6.61 Å². The molecule has 0 aromatic heterocycles. The number of carbonyl (C=O) groups is 2. The molecule has 0 unspecified atom stereocenters. The highest BCUT2D eigenvalue weighted by atomic mass is 35.5. The zero-order valence-corrected chi connectivity index (χ0v) is 24.9. The molecule has 10 nitrogen and oxygen atoms in total. The van der Waals surface area contributed by atoms with Crippen LogP contribution in [0.2, 0.25) is 5.02 Å². The van der Waals surface area contributed by atoms with E-state index >= 15 is 0 Å². The number of methoxy groups -OCH3 is 1. The summed E-state index contributed by atoms with van der Waals surface area (Å²) in [4.78, 5) is 24.8. The number of hydrogen-bond donors (Lipinski definition) is 2. The minimum Gasteiger partial charge on any atom is -0.495 e. The van der Waals surface area contributed by atoms with Crippen molar-refractivity contribution in [1.29, 1.82) is 0 Å². The number of ether oxygens (including phenoxy) is 2. The number of para-hydroxylation sites is 2. The van der Waals surface area contributed by atoms with E-state index in [4.69, 9.17) is 21.1 Å². The number of anilines is 2. The summed E-state index contributed by atoms with van der Waals surface area (Å²) in [5.74, 6) is 0.229. The zero-order valence-electron chi connectivity index (χ0n) is 23.4. The first-order chi connectivity index (χ1) is 20.6. The third-order valence-electron chi connectivity index (χ3n) is 6.07. The van der Waals surface area contributed by atoms with Crippen molar-refractivity contribution in [3.05, 3.63) is 119 Å². The quantitative estimate of drug-likeness (QED) is 0.168. The Morgan fingerprint density at radius 3 is 2.26 bits per heavy atom. The maximum atomic E-state index is 12.6. The van der Waals surface area contributed by atoms with Crippen LogP contribution in [0, 0.1) is 0 Å². The van der Waals surface area contributed by atoms with Crippen molar-refractivity contribution in [3.8, 4) is 11.5 Å². The van der Waals surface area contributed by atoms with E-state index in [2.05, 4.69) is 15.8 Å². The summed E-state index contributed by atoms with van der Waals surface area (Å²) in [5.41, 5.74) is 5.17. The lowest BCUT2D eigenvalue weighted by Crippen LogP contribution is -2.29. The van der Waals surface area contributed by atoms with E-state index in [9.17, 15) is 18.0 Å². The van der Waals surface area contributed by atoms with E-state index in [1.807, 2.05) is 0 Å². The second-order valence-electron chi connectivity index (χ2n) is 9.25. The highest BCUT2D eigenvalue weighted by Gasteiger charge is 2.18. The molecule has 4 aromatic carbocycles. The molecule has 43 heavy (non-hydrogen) atoms. The Morgan fingerprint density at radius 1 is 0.930 bits per heavy atom. The van der Waals surface area contributed by atoms with Crippen LogP contribution in [-0.4, -0.2) is 46.4 Å². The number of nitrogens with zero attached hydrogens (tertiary/aromatic N) is 2. The van der Waals surface area contributed by atoms with Crippen LogP contribution in [0.4, 0.5) is 11.4 Å². The zero-order chi connectivity index (χ0) is 30.8. The van der Waals surface area contributed by atoms with Gasteiger partial charge in [0.2, 0.25) is 10.0 Å². The predicted molar refractivity (Wildman–Crippen MR) is 168 cm³/mol. The van der Waals surface area contributed by atoms with Crippen LogP contribution >= 0.6 is 11.6 Å². The molecule has 0 radical (unpaired) electrons. The number of rotatable bonds is 12. The Labute approximate surface area is 254 Å². The molecule has 4 rings (SSSR count). The molecule has 0 bridgehead atoms. The summed E-state index contributed by atoms with van der Waals surface area (Å²) >= 11 is 5.93. The largest absolute Gasteiger partial charge is 0.495 e. The van der Waals surface area contributed by atoms with Gasteiger partial charge in [0.1, 0.15) is 11.5 Å². The molecule has 0 aliphatic carbocycles. The lowest BCUT2D eigenvalue weighted by Gasteiger charge is -2.22. The van der Waals surface area contributed by atoms with E-state index in [0.29, 0.717) is 39.0 Å². The molecule has 222 valence electrons. The second kappa shape index (κ2) is 14.3. The summed E-state index contributed by atoms with van der Waals surface area (Å²) in [6.45, 7) is -0.0742. The van der Waals surface area contributed by atoms with Crippen LogP contribution in [0.3, 0.4) is 0 Å². The summed E-state index contributed by atoms with van der Waals surface area (Å²) in [6, 6.07) is 26.9. The number of benzene rings is 4. The van der Waals surface area contributed by atoms with E-state index < -0.39 is 15.9 Å². The molecule has 12 heteroatoms. The number of nitrogens with one attached hydrogen (secondary N) is 2. The fourth-order valence-electron chi connectivity index (χ4n) is 3.90. The average molecular weight is 621 g/mol. The average Bonchev–Trinajstić information content (AvgIpc) is 3.00. The highest BCUT2D eigenvalue weighted by Crippen LogP contribution is 2.24. The normalized spacial score (nSPS) is 11.1. The van der Waals surface area contributed by atoms with Gasteiger partial charge in [0.25, 0.3) is 11.8 Å². The van der Waals surface area contributed by atoms with Crippen LogP contribution in [0.5, 0.6) is 11.5 Å². The summed E-state index contributed by atoms with van der Waals surface area (Å²) in [7, 11) is -2.06. The SMILES string of the molecule is COc1ccccc1NC(=O)COc1ccc(/C=N\NC(=O)c2ccc(N(Cc3ccc(Cl)cc3)S(C)(=O)=O)cc2)cc1. The maximum absolute atomic E-state index is 12.6. The number of hydrazone groups is 1. The lowest BCUT2D eigenvalue weighted by atomic mass is 10.2. The fourth-order valence-corrected chi connectivity index (χ4v) is 4.91. The maximum Gasteiger partial charge on any atom is 0.271 e. The molecule has 0 spiro atoms. The van der Waals surface area contributed by atoms with E-state index in [1.54, 1.807) is 84.9 Å². The van der Waals surface area contributed by atoms with E-state index in [1.165, 1.54) is 29.8 Å². The molecule has 0 aliphatic rings. The third kappa shape index (κ3) is 9.06. The molecule has 4 aromatic rings. The van der Waals surface area contributed by atoms with Crippen molar-refractivity contribution < 1.29 is 27.5 Å². The Morgan fingerprint density at radius 2 is 1.60 bits per heavy atom. The molecule has 0 aliphatic heterocycles. The first kappa shape index (κ1) is 31.1. The number of carbonyl (C=O) groups excluding carboxylic acids is 2. The molecular weight excluding hydrogens is 592 g/mol. The summed E-state index contributed by atoms with van der Waals surface area (Å²) < 4.78 is 36.9. The van der Waals surface area contributed by atoms with Crippen molar-refractivity contribution in [2.75, 3.05) is 29.6 Å². The van der Waals surface area contributed by atoms with Gasteiger partial charge in [-0.2, -0.15) is 5.10 Å². The molecule has 0 atom stereocenters. The van der Waals surface area contributed by atoms with Gasteiger partial charge >= 0.3 is 0 Å². The lowest BCUT2D eigenvalue weighted by molar-refractivity contribution is -0.118. The second-order valence-corrected chi connectivity index (χ2v) is 11.6. The van der Waals surface area contributed by atoms with Crippen LogP contribution < -0.4 is 24.5 Å². The molecule has 2 N–H and O–H groups in total.